The summed E-state index contributed by atoms with van der Waals surface area (Å²) in [5.74, 6) is 0.673. The summed E-state index contributed by atoms with van der Waals surface area (Å²) in [5, 5.41) is 0. The molecule has 0 spiro atoms. The highest BCUT2D eigenvalue weighted by atomic mass is 16.2. The first-order valence-corrected chi connectivity index (χ1v) is 4.81. The number of carbonyl (C=O) groups is 1. The summed E-state index contributed by atoms with van der Waals surface area (Å²) < 4.78 is 0. The molecule has 1 atom stereocenters. The summed E-state index contributed by atoms with van der Waals surface area (Å²) in [6.45, 7) is 6.15. The predicted octanol–water partition coefficient (Wildman–Crippen LogP) is 0.760. The van der Waals surface area contributed by atoms with Gasteiger partial charge in [-0.1, -0.05) is 6.08 Å². The van der Waals surface area contributed by atoms with E-state index in [0.29, 0.717) is 12.5 Å². The highest BCUT2D eigenvalue weighted by molar-refractivity contribution is 5.92. The molecular formula is C10H18N2O. The minimum absolute atomic E-state index is 0.165. The zero-order valence-electron chi connectivity index (χ0n) is 8.42. The van der Waals surface area contributed by atoms with Gasteiger partial charge >= 0.3 is 0 Å². The molecule has 1 aliphatic rings. The van der Waals surface area contributed by atoms with Crippen LogP contribution in [0.5, 0.6) is 0 Å². The van der Waals surface area contributed by atoms with Crippen LogP contribution in [0.2, 0.25) is 0 Å². The highest BCUT2D eigenvalue weighted by Gasteiger charge is 2.25. The van der Waals surface area contributed by atoms with Crippen molar-refractivity contribution in [2.75, 3.05) is 19.6 Å². The van der Waals surface area contributed by atoms with E-state index in [1.165, 1.54) is 0 Å². The van der Waals surface area contributed by atoms with Crippen molar-refractivity contribution in [3.8, 4) is 0 Å². The third kappa shape index (κ3) is 2.31. The Labute approximate surface area is 79.6 Å². The molecule has 0 radical (unpaired) electrons. The van der Waals surface area contributed by atoms with Gasteiger partial charge in [0.1, 0.15) is 0 Å². The maximum absolute atomic E-state index is 11.7. The molecule has 0 saturated carbocycles. The molecule has 1 heterocycles. The fraction of sp³-hybridized carbons (Fsp3) is 0.700. The third-order valence-corrected chi connectivity index (χ3v) is 2.68. The van der Waals surface area contributed by atoms with E-state index in [-0.39, 0.29) is 5.91 Å². The summed E-state index contributed by atoms with van der Waals surface area (Å²) in [5.41, 5.74) is 6.38. The van der Waals surface area contributed by atoms with Gasteiger partial charge < -0.3 is 10.6 Å². The van der Waals surface area contributed by atoms with Crippen molar-refractivity contribution in [3.63, 3.8) is 0 Å². The first-order valence-electron chi connectivity index (χ1n) is 4.81. The summed E-state index contributed by atoms with van der Waals surface area (Å²) in [6, 6.07) is 0. The second-order valence-electron chi connectivity index (χ2n) is 3.61. The Morgan fingerprint density at radius 2 is 2.38 bits per heavy atom. The number of carbonyl (C=O) groups excluding carboxylic acids is 1. The van der Waals surface area contributed by atoms with Crippen molar-refractivity contribution in [2.45, 2.75) is 20.3 Å². The van der Waals surface area contributed by atoms with E-state index in [9.17, 15) is 4.79 Å². The number of hydrogen-bond donors (Lipinski definition) is 1. The van der Waals surface area contributed by atoms with Crippen molar-refractivity contribution in [1.29, 1.82) is 0 Å². The summed E-state index contributed by atoms with van der Waals surface area (Å²) >= 11 is 0. The van der Waals surface area contributed by atoms with Crippen LogP contribution in [0.25, 0.3) is 0 Å². The average molecular weight is 182 g/mol. The van der Waals surface area contributed by atoms with Crippen LogP contribution in [-0.2, 0) is 4.79 Å². The molecule has 74 valence electrons. The number of amides is 1. The Hall–Kier alpha value is -0.830. The van der Waals surface area contributed by atoms with E-state index < -0.39 is 0 Å². The first kappa shape index (κ1) is 10.3. The maximum atomic E-state index is 11.7. The van der Waals surface area contributed by atoms with Gasteiger partial charge in [0, 0.05) is 18.7 Å². The molecular weight excluding hydrogens is 164 g/mol. The lowest BCUT2D eigenvalue weighted by Crippen LogP contribution is -2.30. The maximum Gasteiger partial charge on any atom is 0.249 e. The molecule has 1 rings (SSSR count). The minimum Gasteiger partial charge on any atom is -0.339 e. The predicted molar refractivity (Wildman–Crippen MR) is 53.2 cm³/mol. The molecule has 1 saturated heterocycles. The summed E-state index contributed by atoms with van der Waals surface area (Å²) in [7, 11) is 0. The smallest absolute Gasteiger partial charge is 0.249 e. The Morgan fingerprint density at radius 3 is 2.85 bits per heavy atom. The van der Waals surface area contributed by atoms with Crippen molar-refractivity contribution in [3.05, 3.63) is 11.6 Å². The molecule has 0 aromatic heterocycles. The number of allylic oxidation sites excluding steroid dienone is 1. The van der Waals surface area contributed by atoms with Crippen LogP contribution >= 0.6 is 0 Å². The molecule has 0 aromatic rings. The Balaban J connectivity index is 2.51. The van der Waals surface area contributed by atoms with Crippen LogP contribution < -0.4 is 5.73 Å². The molecule has 3 nitrogen and oxygen atoms in total. The fourth-order valence-electron chi connectivity index (χ4n) is 1.58. The topological polar surface area (TPSA) is 46.3 Å². The molecule has 1 unspecified atom stereocenters. The van der Waals surface area contributed by atoms with Crippen LogP contribution in [0.1, 0.15) is 20.3 Å². The van der Waals surface area contributed by atoms with Gasteiger partial charge in [0.05, 0.1) is 0 Å². The van der Waals surface area contributed by atoms with Crippen LogP contribution in [-0.4, -0.2) is 30.4 Å². The minimum atomic E-state index is 0.165. The zero-order chi connectivity index (χ0) is 9.84. The molecule has 13 heavy (non-hydrogen) atoms. The van der Waals surface area contributed by atoms with E-state index in [2.05, 4.69) is 0 Å². The lowest BCUT2D eigenvalue weighted by atomic mass is 10.1. The number of likely N-dealkylation sites (tertiary alicyclic amines) is 1. The third-order valence-electron chi connectivity index (χ3n) is 2.68. The van der Waals surface area contributed by atoms with E-state index in [0.717, 1.165) is 25.1 Å². The van der Waals surface area contributed by atoms with Gasteiger partial charge in [0.2, 0.25) is 5.91 Å². The molecule has 0 bridgehead atoms. The van der Waals surface area contributed by atoms with Gasteiger partial charge in [-0.25, -0.2) is 0 Å². The van der Waals surface area contributed by atoms with Crippen molar-refractivity contribution in [2.24, 2.45) is 11.7 Å². The van der Waals surface area contributed by atoms with E-state index >= 15 is 0 Å². The number of nitrogens with zero attached hydrogens (tertiary/aromatic N) is 1. The number of rotatable bonds is 2. The Kier molecular flexibility index (Phi) is 3.48. The van der Waals surface area contributed by atoms with Gasteiger partial charge in [0.15, 0.2) is 0 Å². The SMILES string of the molecule is C/C=C(/C)C(=O)N1CCC(CN)C1. The van der Waals surface area contributed by atoms with Crippen molar-refractivity contribution >= 4 is 5.91 Å². The Bertz CT molecular complexity index is 223. The molecule has 1 amide bonds. The van der Waals surface area contributed by atoms with Gasteiger partial charge in [-0.2, -0.15) is 0 Å². The van der Waals surface area contributed by atoms with Gasteiger partial charge in [-0.15, -0.1) is 0 Å². The molecule has 1 aliphatic heterocycles. The standard InChI is InChI=1S/C10H18N2O/c1-3-8(2)10(13)12-5-4-9(6-11)7-12/h3,9H,4-7,11H2,1-2H3/b8-3-. The second-order valence-corrected chi connectivity index (χ2v) is 3.61. The van der Waals surface area contributed by atoms with Crippen LogP contribution in [0.4, 0.5) is 0 Å². The fourth-order valence-corrected chi connectivity index (χ4v) is 1.58. The largest absolute Gasteiger partial charge is 0.339 e. The second kappa shape index (κ2) is 4.42. The molecule has 2 N–H and O–H groups in total. The molecule has 1 fully saturated rings. The van der Waals surface area contributed by atoms with Crippen molar-refractivity contribution < 1.29 is 4.79 Å². The van der Waals surface area contributed by atoms with Gasteiger partial charge in [-0.05, 0) is 32.7 Å². The summed E-state index contributed by atoms with van der Waals surface area (Å²) in [6.07, 6.45) is 2.91. The lowest BCUT2D eigenvalue weighted by Gasteiger charge is -2.16. The van der Waals surface area contributed by atoms with E-state index in [4.69, 9.17) is 5.73 Å². The molecule has 3 heteroatoms. The number of hydrogen-bond acceptors (Lipinski definition) is 2. The summed E-state index contributed by atoms with van der Waals surface area (Å²) in [4.78, 5) is 13.6. The van der Waals surface area contributed by atoms with Crippen LogP contribution in [0.15, 0.2) is 11.6 Å². The zero-order valence-corrected chi connectivity index (χ0v) is 8.42. The van der Waals surface area contributed by atoms with E-state index in [1.807, 2.05) is 24.8 Å². The Morgan fingerprint density at radius 1 is 1.69 bits per heavy atom. The normalized spacial score (nSPS) is 23.8. The molecule has 0 aromatic carbocycles. The van der Waals surface area contributed by atoms with Gasteiger partial charge in [0.25, 0.3) is 0 Å². The first-order chi connectivity index (χ1) is 6.19. The van der Waals surface area contributed by atoms with Crippen LogP contribution in [0, 0.1) is 5.92 Å². The van der Waals surface area contributed by atoms with Crippen molar-refractivity contribution in [1.82, 2.24) is 4.90 Å². The molecule has 0 aliphatic carbocycles. The van der Waals surface area contributed by atoms with Crippen LogP contribution in [0.3, 0.4) is 0 Å². The lowest BCUT2D eigenvalue weighted by molar-refractivity contribution is -0.126. The highest BCUT2D eigenvalue weighted by Crippen LogP contribution is 2.16. The van der Waals surface area contributed by atoms with E-state index in [1.54, 1.807) is 0 Å². The monoisotopic (exact) mass is 182 g/mol. The average Bonchev–Trinajstić information content (AvgIpc) is 2.63. The van der Waals surface area contributed by atoms with Gasteiger partial charge in [-0.3, -0.25) is 4.79 Å². The number of nitrogens with two attached hydrogens (primary N) is 1. The quantitative estimate of drug-likeness (QED) is 0.641.